The third-order valence-electron chi connectivity index (χ3n) is 7.86. The molecule has 6 rings (SSSR count). The first kappa shape index (κ1) is 31.6. The summed E-state index contributed by atoms with van der Waals surface area (Å²) in [5.41, 5.74) is 10.7. The summed E-state index contributed by atoms with van der Waals surface area (Å²) in [6, 6.07) is 43.8. The minimum absolute atomic E-state index is 0.178. The van der Waals surface area contributed by atoms with E-state index >= 15 is 0 Å². The first-order valence-corrected chi connectivity index (χ1v) is 15.5. The van der Waals surface area contributed by atoms with E-state index in [1.165, 1.54) is 0 Å². The van der Waals surface area contributed by atoms with Gasteiger partial charge >= 0.3 is 0 Å². The van der Waals surface area contributed by atoms with Gasteiger partial charge in [-0.25, -0.2) is 9.98 Å². The fourth-order valence-corrected chi connectivity index (χ4v) is 5.48. The van der Waals surface area contributed by atoms with Crippen molar-refractivity contribution in [2.24, 2.45) is 9.98 Å². The van der Waals surface area contributed by atoms with Crippen LogP contribution in [0.2, 0.25) is 0 Å². The number of nitrogens with zero attached hydrogens (tertiary/aromatic N) is 2. The van der Waals surface area contributed by atoms with Gasteiger partial charge < -0.3 is 20.4 Å². The van der Waals surface area contributed by atoms with Crippen molar-refractivity contribution in [3.8, 4) is 23.0 Å². The molecule has 6 heteroatoms. The van der Waals surface area contributed by atoms with Crippen molar-refractivity contribution in [2.75, 3.05) is 0 Å². The molecule has 48 heavy (non-hydrogen) atoms. The predicted octanol–water partition coefficient (Wildman–Crippen LogP) is 9.69. The lowest BCUT2D eigenvalue weighted by Crippen LogP contribution is -2.02. The third kappa shape index (κ3) is 7.35. The zero-order chi connectivity index (χ0) is 33.6. The van der Waals surface area contributed by atoms with Crippen LogP contribution in [-0.2, 0) is 0 Å². The van der Waals surface area contributed by atoms with Crippen molar-refractivity contribution >= 4 is 28.4 Å². The van der Waals surface area contributed by atoms with Crippen LogP contribution >= 0.6 is 0 Å². The Morgan fingerprint density at radius 2 is 0.562 bits per heavy atom. The van der Waals surface area contributed by atoms with E-state index in [-0.39, 0.29) is 23.0 Å². The van der Waals surface area contributed by atoms with Crippen LogP contribution in [0, 0.1) is 0 Å². The van der Waals surface area contributed by atoms with E-state index in [2.05, 4.69) is 38.1 Å². The lowest BCUT2D eigenvalue weighted by Gasteiger charge is -2.13. The highest BCUT2D eigenvalue weighted by atomic mass is 16.3. The summed E-state index contributed by atoms with van der Waals surface area (Å²) in [5, 5.41) is 39.3. The Bertz CT molecular complexity index is 1860. The molecule has 0 aromatic heterocycles. The highest BCUT2D eigenvalue weighted by Gasteiger charge is 2.12. The second-order valence-electron chi connectivity index (χ2n) is 11.6. The van der Waals surface area contributed by atoms with Crippen LogP contribution in [0.25, 0.3) is 5.57 Å². The molecule has 0 aliphatic carbocycles. The van der Waals surface area contributed by atoms with Gasteiger partial charge in [0.15, 0.2) is 0 Å². The minimum Gasteiger partial charge on any atom is -0.508 e. The van der Waals surface area contributed by atoms with E-state index in [0.29, 0.717) is 0 Å². The molecular formula is C42H34N2O4. The summed E-state index contributed by atoms with van der Waals surface area (Å²) in [6.07, 6.45) is 0. The van der Waals surface area contributed by atoms with E-state index in [1.54, 1.807) is 48.5 Å². The molecule has 0 bridgehead atoms. The summed E-state index contributed by atoms with van der Waals surface area (Å²) < 4.78 is 0. The quantitative estimate of drug-likeness (QED) is 0.126. The van der Waals surface area contributed by atoms with Crippen molar-refractivity contribution in [1.29, 1.82) is 0 Å². The maximum Gasteiger partial charge on any atom is 0.115 e. The number of aliphatic imine (C=N–C) groups is 2. The summed E-state index contributed by atoms with van der Waals surface area (Å²) in [6.45, 7) is 4.18. The normalized spacial score (nSPS) is 10.6. The lowest BCUT2D eigenvalue weighted by molar-refractivity contribution is 0.474. The number of phenols is 4. The van der Waals surface area contributed by atoms with Gasteiger partial charge in [0, 0.05) is 22.3 Å². The van der Waals surface area contributed by atoms with Gasteiger partial charge in [0.05, 0.1) is 22.8 Å². The number of rotatable bonds is 8. The Hall–Kier alpha value is -6.40. The molecule has 0 fully saturated rings. The number of allylic oxidation sites excluding steroid dienone is 1. The van der Waals surface area contributed by atoms with Gasteiger partial charge in [-0.15, -0.1) is 0 Å². The summed E-state index contributed by atoms with van der Waals surface area (Å²) in [7, 11) is 0. The van der Waals surface area contributed by atoms with E-state index < -0.39 is 0 Å². The molecule has 0 unspecified atom stereocenters. The summed E-state index contributed by atoms with van der Waals surface area (Å²) in [4.78, 5) is 9.94. The molecule has 4 N–H and O–H groups in total. The number of hydrogen-bond acceptors (Lipinski definition) is 6. The van der Waals surface area contributed by atoms with Crippen LogP contribution in [0.5, 0.6) is 23.0 Å². The van der Waals surface area contributed by atoms with Crippen molar-refractivity contribution in [3.63, 3.8) is 0 Å². The van der Waals surface area contributed by atoms with Crippen LogP contribution in [-0.4, -0.2) is 31.8 Å². The summed E-state index contributed by atoms with van der Waals surface area (Å²) in [5.74, 6) is 0.712. The van der Waals surface area contributed by atoms with Gasteiger partial charge in [-0.05, 0) is 152 Å². The van der Waals surface area contributed by atoms with E-state index in [1.807, 2.05) is 72.8 Å². The summed E-state index contributed by atoms with van der Waals surface area (Å²) >= 11 is 0. The molecule has 236 valence electrons. The van der Waals surface area contributed by atoms with Crippen LogP contribution in [0.15, 0.2) is 161 Å². The zero-order valence-electron chi connectivity index (χ0n) is 26.5. The number of hydrogen-bond donors (Lipinski definition) is 4. The molecule has 0 heterocycles. The Kier molecular flexibility index (Phi) is 9.17. The fourth-order valence-electron chi connectivity index (χ4n) is 5.48. The molecule has 0 atom stereocenters. The van der Waals surface area contributed by atoms with Gasteiger partial charge in [0.2, 0.25) is 0 Å². The van der Waals surface area contributed by atoms with Gasteiger partial charge in [0.1, 0.15) is 23.0 Å². The smallest absolute Gasteiger partial charge is 0.115 e. The first-order chi connectivity index (χ1) is 23.2. The number of aromatic hydroxyl groups is 4. The molecule has 0 amide bonds. The maximum absolute atomic E-state index is 9.82. The molecule has 0 aliphatic rings. The van der Waals surface area contributed by atoms with Crippen molar-refractivity contribution < 1.29 is 20.4 Å². The molecule has 0 aliphatic heterocycles. The Morgan fingerprint density at radius 3 is 0.792 bits per heavy atom. The number of benzene rings is 6. The fraction of sp³-hybridized carbons (Fsp3) is 0.0476. The first-order valence-electron chi connectivity index (χ1n) is 15.5. The molecule has 6 nitrogen and oxygen atoms in total. The van der Waals surface area contributed by atoms with Gasteiger partial charge in [-0.2, -0.15) is 0 Å². The molecule has 6 aromatic carbocycles. The number of phenolic OH excluding ortho intramolecular Hbond substituents is 4. The molecular weight excluding hydrogens is 596 g/mol. The Balaban J connectivity index is 1.31. The highest BCUT2D eigenvalue weighted by Crippen LogP contribution is 2.31. The molecule has 0 radical (unpaired) electrons. The van der Waals surface area contributed by atoms with Crippen LogP contribution in [0.1, 0.15) is 47.2 Å². The standard InChI is InChI=1S/C42H34N2O4/c1-27(2)40(28-3-15-34(16-4-28)43-41(30-7-19-36(45)20-8-30)31-9-21-37(46)22-10-31)29-5-17-35(18-6-29)44-42(32-11-23-38(47)24-12-32)33-13-25-39(48)26-14-33/h3-26,45-48H,1-2H3. The second-order valence-corrected chi connectivity index (χ2v) is 11.6. The Morgan fingerprint density at radius 1 is 0.333 bits per heavy atom. The molecule has 0 spiro atoms. The van der Waals surface area contributed by atoms with Gasteiger partial charge in [-0.1, -0.05) is 29.8 Å². The predicted molar refractivity (Wildman–Crippen MR) is 193 cm³/mol. The van der Waals surface area contributed by atoms with E-state index in [9.17, 15) is 20.4 Å². The maximum atomic E-state index is 9.82. The van der Waals surface area contributed by atoms with Crippen LogP contribution < -0.4 is 0 Å². The van der Waals surface area contributed by atoms with E-state index in [0.717, 1.165) is 67.3 Å². The molecule has 0 saturated heterocycles. The minimum atomic E-state index is 0.178. The molecule has 0 saturated carbocycles. The van der Waals surface area contributed by atoms with Crippen molar-refractivity contribution in [2.45, 2.75) is 13.8 Å². The highest BCUT2D eigenvalue weighted by molar-refractivity contribution is 6.14. The zero-order valence-corrected chi connectivity index (χ0v) is 26.5. The van der Waals surface area contributed by atoms with Gasteiger partial charge in [-0.3, -0.25) is 0 Å². The largest absolute Gasteiger partial charge is 0.508 e. The SMILES string of the molecule is CC(C)=C(c1ccc(N=C(c2ccc(O)cc2)c2ccc(O)cc2)cc1)c1ccc(N=C(c2ccc(O)cc2)c2ccc(O)cc2)cc1. The van der Waals surface area contributed by atoms with E-state index in [4.69, 9.17) is 9.98 Å². The van der Waals surface area contributed by atoms with Gasteiger partial charge in [0.25, 0.3) is 0 Å². The van der Waals surface area contributed by atoms with Crippen molar-refractivity contribution in [1.82, 2.24) is 0 Å². The molecule has 6 aromatic rings. The average Bonchev–Trinajstić information content (AvgIpc) is 3.09. The Labute approximate surface area is 279 Å². The average molecular weight is 631 g/mol. The van der Waals surface area contributed by atoms with Crippen molar-refractivity contribution in [3.05, 3.63) is 185 Å². The lowest BCUT2D eigenvalue weighted by atomic mass is 9.94. The third-order valence-corrected chi connectivity index (χ3v) is 7.86. The second kappa shape index (κ2) is 13.9. The topological polar surface area (TPSA) is 106 Å². The van der Waals surface area contributed by atoms with Crippen LogP contribution in [0.4, 0.5) is 11.4 Å². The monoisotopic (exact) mass is 630 g/mol. The van der Waals surface area contributed by atoms with Crippen LogP contribution in [0.3, 0.4) is 0 Å².